The number of carbonyl (C=O) groups excluding carboxylic acids is 3. The molecule has 2 heterocycles. The lowest BCUT2D eigenvalue weighted by molar-refractivity contribution is 0.0494. The van der Waals surface area contributed by atoms with Gasteiger partial charge in [-0.1, -0.05) is 6.92 Å². The van der Waals surface area contributed by atoms with Crippen molar-refractivity contribution in [3.63, 3.8) is 0 Å². The van der Waals surface area contributed by atoms with E-state index in [0.717, 1.165) is 24.2 Å². The summed E-state index contributed by atoms with van der Waals surface area (Å²) in [6.07, 6.45) is 3.54. The van der Waals surface area contributed by atoms with Crippen molar-refractivity contribution < 1.29 is 23.9 Å². The Morgan fingerprint density at radius 2 is 1.91 bits per heavy atom. The normalized spacial score (nSPS) is 14.5. The molecule has 0 spiro atoms. The average molecular weight is 457 g/mol. The summed E-state index contributed by atoms with van der Waals surface area (Å²) in [5, 5.41) is 10.2. The second-order valence-corrected chi connectivity index (χ2v) is 7.82. The Labute approximate surface area is 193 Å². The molecule has 1 aliphatic heterocycles. The van der Waals surface area contributed by atoms with Gasteiger partial charge in [-0.3, -0.25) is 14.3 Å². The standard InChI is InChI=1S/C24H32N4O5/c1-3-19-21-20(7-4-14-32-15-5-12-26-23(21)30)28(27-19)13-6-16-33-24(31)18-10-8-17(9-11-18)22(29)25-2/h8-11H,3-7,12-16H2,1-2H3,(H,25,29)(H,26,30). The maximum absolute atomic E-state index is 12.8. The summed E-state index contributed by atoms with van der Waals surface area (Å²) in [4.78, 5) is 36.7. The molecule has 1 aromatic carbocycles. The molecule has 178 valence electrons. The van der Waals surface area contributed by atoms with Crippen molar-refractivity contribution in [3.05, 3.63) is 52.3 Å². The first kappa shape index (κ1) is 24.4. The van der Waals surface area contributed by atoms with Gasteiger partial charge >= 0.3 is 5.97 Å². The van der Waals surface area contributed by atoms with E-state index >= 15 is 0 Å². The van der Waals surface area contributed by atoms with Crippen molar-refractivity contribution in [2.24, 2.45) is 0 Å². The Balaban J connectivity index is 1.61. The minimum Gasteiger partial charge on any atom is -0.462 e. The molecule has 0 unspecified atom stereocenters. The van der Waals surface area contributed by atoms with Gasteiger partial charge in [0.1, 0.15) is 0 Å². The van der Waals surface area contributed by atoms with Gasteiger partial charge in [-0.2, -0.15) is 5.10 Å². The van der Waals surface area contributed by atoms with Gasteiger partial charge < -0.3 is 20.1 Å². The number of aryl methyl sites for hydroxylation is 2. The predicted octanol–water partition coefficient (Wildman–Crippen LogP) is 2.13. The minimum atomic E-state index is -0.441. The van der Waals surface area contributed by atoms with Crippen molar-refractivity contribution in [1.82, 2.24) is 20.4 Å². The molecule has 33 heavy (non-hydrogen) atoms. The third-order valence-corrected chi connectivity index (χ3v) is 5.50. The second-order valence-electron chi connectivity index (χ2n) is 7.82. The third kappa shape index (κ3) is 6.41. The third-order valence-electron chi connectivity index (χ3n) is 5.50. The van der Waals surface area contributed by atoms with Crippen LogP contribution in [0.4, 0.5) is 0 Å². The highest BCUT2D eigenvalue weighted by Crippen LogP contribution is 2.19. The Hall–Kier alpha value is -3.20. The second kappa shape index (κ2) is 12.2. The lowest BCUT2D eigenvalue weighted by Gasteiger charge is -2.10. The molecule has 0 saturated carbocycles. The van der Waals surface area contributed by atoms with Gasteiger partial charge in [0.15, 0.2) is 0 Å². The molecule has 0 saturated heterocycles. The molecule has 9 heteroatoms. The number of hydrogen-bond donors (Lipinski definition) is 2. The summed E-state index contributed by atoms with van der Waals surface area (Å²) in [6, 6.07) is 6.33. The lowest BCUT2D eigenvalue weighted by atomic mass is 10.1. The Morgan fingerprint density at radius 3 is 2.64 bits per heavy atom. The number of carbonyl (C=O) groups is 3. The van der Waals surface area contributed by atoms with E-state index in [1.165, 1.54) is 0 Å². The van der Waals surface area contributed by atoms with E-state index in [0.29, 0.717) is 62.3 Å². The van der Waals surface area contributed by atoms with Crippen LogP contribution in [0.15, 0.2) is 24.3 Å². The zero-order chi connectivity index (χ0) is 23.6. The maximum Gasteiger partial charge on any atom is 0.338 e. The van der Waals surface area contributed by atoms with Crippen molar-refractivity contribution in [2.75, 3.05) is 33.4 Å². The van der Waals surface area contributed by atoms with Crippen LogP contribution >= 0.6 is 0 Å². The fourth-order valence-corrected chi connectivity index (χ4v) is 3.77. The molecule has 2 aromatic rings. The van der Waals surface area contributed by atoms with Gasteiger partial charge in [0.05, 0.1) is 29.1 Å². The number of nitrogens with zero attached hydrogens (tertiary/aromatic N) is 2. The first-order valence-corrected chi connectivity index (χ1v) is 11.5. The van der Waals surface area contributed by atoms with Crippen LogP contribution < -0.4 is 10.6 Å². The molecule has 0 radical (unpaired) electrons. The van der Waals surface area contributed by atoms with E-state index in [1.54, 1.807) is 31.3 Å². The van der Waals surface area contributed by atoms with Gasteiger partial charge in [-0.05, 0) is 49.9 Å². The number of nitrogens with one attached hydrogen (secondary N) is 2. The summed E-state index contributed by atoms with van der Waals surface area (Å²) in [5.41, 5.74) is 3.24. The van der Waals surface area contributed by atoms with Crippen LogP contribution in [0.1, 0.15) is 68.6 Å². The number of ether oxygens (including phenoxy) is 2. The van der Waals surface area contributed by atoms with Crippen LogP contribution in [-0.4, -0.2) is 61.0 Å². The monoisotopic (exact) mass is 456 g/mol. The number of fused-ring (bicyclic) bond motifs is 1. The van der Waals surface area contributed by atoms with E-state index in [4.69, 9.17) is 9.47 Å². The number of aromatic nitrogens is 2. The van der Waals surface area contributed by atoms with Crippen LogP contribution in [0.3, 0.4) is 0 Å². The van der Waals surface area contributed by atoms with Gasteiger partial charge in [0, 0.05) is 45.3 Å². The summed E-state index contributed by atoms with van der Waals surface area (Å²) < 4.78 is 12.9. The number of amides is 2. The van der Waals surface area contributed by atoms with Crippen LogP contribution in [0.2, 0.25) is 0 Å². The fraction of sp³-hybridized carbons (Fsp3) is 0.500. The molecule has 3 rings (SSSR count). The van der Waals surface area contributed by atoms with Crippen LogP contribution in [0.5, 0.6) is 0 Å². The van der Waals surface area contributed by atoms with Crippen molar-refractivity contribution in [1.29, 1.82) is 0 Å². The molecular formula is C24H32N4O5. The summed E-state index contributed by atoms with van der Waals surface area (Å²) in [7, 11) is 1.55. The molecule has 9 nitrogen and oxygen atoms in total. The smallest absolute Gasteiger partial charge is 0.338 e. The minimum absolute atomic E-state index is 0.0818. The van der Waals surface area contributed by atoms with Crippen LogP contribution in [0, 0.1) is 0 Å². The number of esters is 1. The van der Waals surface area contributed by atoms with E-state index in [9.17, 15) is 14.4 Å². The molecule has 1 aromatic heterocycles. The van der Waals surface area contributed by atoms with E-state index in [2.05, 4.69) is 15.7 Å². The molecule has 0 fully saturated rings. The number of benzene rings is 1. The first-order valence-electron chi connectivity index (χ1n) is 11.5. The van der Waals surface area contributed by atoms with Crippen molar-refractivity contribution in [2.45, 2.75) is 45.6 Å². The number of rotatable bonds is 7. The van der Waals surface area contributed by atoms with Gasteiger partial charge in [-0.25, -0.2) is 4.79 Å². The Bertz CT molecular complexity index is 968. The van der Waals surface area contributed by atoms with Crippen molar-refractivity contribution >= 4 is 17.8 Å². The van der Waals surface area contributed by atoms with Gasteiger partial charge in [0.25, 0.3) is 11.8 Å². The average Bonchev–Trinajstić information content (AvgIpc) is 3.18. The lowest BCUT2D eigenvalue weighted by Crippen LogP contribution is -2.26. The molecule has 0 aliphatic carbocycles. The van der Waals surface area contributed by atoms with Crippen molar-refractivity contribution in [3.8, 4) is 0 Å². The maximum atomic E-state index is 12.8. The van der Waals surface area contributed by atoms with Gasteiger partial charge in [0.2, 0.25) is 0 Å². The summed E-state index contributed by atoms with van der Waals surface area (Å²) in [5.74, 6) is -0.733. The molecular weight excluding hydrogens is 424 g/mol. The topological polar surface area (TPSA) is 112 Å². The molecule has 0 bridgehead atoms. The van der Waals surface area contributed by atoms with E-state index in [1.807, 2.05) is 11.6 Å². The number of hydrogen-bond acceptors (Lipinski definition) is 6. The Kier molecular flexibility index (Phi) is 9.00. The SMILES string of the molecule is CCc1nn(CCCOC(=O)c2ccc(C(=O)NC)cc2)c2c1C(=O)NCCCOCCC2. The van der Waals surface area contributed by atoms with Crippen LogP contribution in [-0.2, 0) is 28.9 Å². The first-order chi connectivity index (χ1) is 16.0. The molecule has 2 amide bonds. The Morgan fingerprint density at radius 1 is 1.18 bits per heavy atom. The predicted molar refractivity (Wildman–Crippen MR) is 122 cm³/mol. The largest absolute Gasteiger partial charge is 0.462 e. The summed E-state index contributed by atoms with van der Waals surface area (Å²) >= 11 is 0. The highest BCUT2D eigenvalue weighted by Gasteiger charge is 2.23. The highest BCUT2D eigenvalue weighted by molar-refractivity contribution is 5.97. The van der Waals surface area contributed by atoms with Gasteiger partial charge in [-0.15, -0.1) is 0 Å². The zero-order valence-corrected chi connectivity index (χ0v) is 19.3. The van der Waals surface area contributed by atoms with Crippen LogP contribution in [0.25, 0.3) is 0 Å². The molecule has 0 atom stereocenters. The molecule has 1 aliphatic rings. The highest BCUT2D eigenvalue weighted by atomic mass is 16.5. The van der Waals surface area contributed by atoms with E-state index < -0.39 is 5.97 Å². The van der Waals surface area contributed by atoms with E-state index in [-0.39, 0.29) is 18.4 Å². The zero-order valence-electron chi connectivity index (χ0n) is 19.3. The molecule has 2 N–H and O–H groups in total. The summed E-state index contributed by atoms with van der Waals surface area (Å²) in [6.45, 7) is 4.62. The fourth-order valence-electron chi connectivity index (χ4n) is 3.77. The quantitative estimate of drug-likeness (QED) is 0.488.